The zero-order valence-electron chi connectivity index (χ0n) is 11.9. The molecule has 0 bridgehead atoms. The van der Waals surface area contributed by atoms with Gasteiger partial charge in [0.1, 0.15) is 0 Å². The topological polar surface area (TPSA) is 85.2 Å². The number of carboxylic acid groups (broad SMARTS) is 1. The minimum atomic E-state index is -0.953. The van der Waals surface area contributed by atoms with E-state index >= 15 is 0 Å². The number of methoxy groups -OCH3 is 1. The minimum absolute atomic E-state index is 0.135. The van der Waals surface area contributed by atoms with Gasteiger partial charge in [0.15, 0.2) is 0 Å². The van der Waals surface area contributed by atoms with Crippen LogP contribution in [0.3, 0.4) is 0 Å². The number of ether oxygens (including phenoxy) is 3. The molecule has 2 rings (SSSR count). The van der Waals surface area contributed by atoms with Gasteiger partial charge < -0.3 is 24.4 Å². The number of hydrogen-bond acceptors (Lipinski definition) is 5. The maximum absolute atomic E-state index is 11.7. The standard InChI is InChI=1S/C14H24O6/c1-18-6-7-19-9-11(15)8-14(13(16)17)4-5-20-12(14)10-2-3-10/h10-12,15H,2-9H2,1H3,(H,16,17). The van der Waals surface area contributed by atoms with E-state index in [2.05, 4.69) is 0 Å². The zero-order chi connectivity index (χ0) is 14.6. The number of hydrogen-bond donors (Lipinski definition) is 2. The number of aliphatic carboxylic acids is 1. The van der Waals surface area contributed by atoms with E-state index in [1.54, 1.807) is 7.11 Å². The predicted octanol–water partition coefficient (Wildman–Crippen LogP) is 0.670. The molecule has 3 atom stereocenters. The normalized spacial score (nSPS) is 31.4. The highest BCUT2D eigenvalue weighted by molar-refractivity contribution is 5.76. The average Bonchev–Trinajstić information content (AvgIpc) is 3.16. The molecular formula is C14H24O6. The van der Waals surface area contributed by atoms with E-state index < -0.39 is 17.5 Å². The van der Waals surface area contributed by atoms with Gasteiger partial charge in [-0.3, -0.25) is 4.79 Å². The quantitative estimate of drug-likeness (QED) is 0.607. The number of rotatable bonds is 9. The van der Waals surface area contributed by atoms with Crippen LogP contribution in [0.1, 0.15) is 25.7 Å². The maximum Gasteiger partial charge on any atom is 0.312 e. The predicted molar refractivity (Wildman–Crippen MR) is 70.5 cm³/mol. The highest BCUT2D eigenvalue weighted by Crippen LogP contribution is 2.50. The van der Waals surface area contributed by atoms with Gasteiger partial charge in [0.2, 0.25) is 0 Å². The lowest BCUT2D eigenvalue weighted by Crippen LogP contribution is -2.43. The molecule has 6 nitrogen and oxygen atoms in total. The van der Waals surface area contributed by atoms with Crippen LogP contribution in [0.25, 0.3) is 0 Å². The van der Waals surface area contributed by atoms with Gasteiger partial charge in [-0.15, -0.1) is 0 Å². The molecule has 0 amide bonds. The molecule has 1 saturated carbocycles. The molecule has 0 aromatic rings. The fourth-order valence-electron chi connectivity index (χ4n) is 3.03. The molecule has 0 spiro atoms. The number of carbonyl (C=O) groups is 1. The Hall–Kier alpha value is -0.690. The molecule has 2 N–H and O–H groups in total. The molecular weight excluding hydrogens is 264 g/mol. The van der Waals surface area contributed by atoms with Gasteiger partial charge in [-0.2, -0.15) is 0 Å². The van der Waals surface area contributed by atoms with Crippen LogP contribution in [-0.4, -0.2) is 61.9 Å². The van der Waals surface area contributed by atoms with E-state index in [4.69, 9.17) is 14.2 Å². The van der Waals surface area contributed by atoms with Gasteiger partial charge in [0.25, 0.3) is 0 Å². The van der Waals surface area contributed by atoms with Crippen molar-refractivity contribution in [2.45, 2.75) is 37.9 Å². The van der Waals surface area contributed by atoms with Crippen LogP contribution in [0.15, 0.2) is 0 Å². The Balaban J connectivity index is 1.90. The smallest absolute Gasteiger partial charge is 0.312 e. The van der Waals surface area contributed by atoms with Crippen molar-refractivity contribution in [1.29, 1.82) is 0 Å². The maximum atomic E-state index is 11.7. The van der Waals surface area contributed by atoms with Crippen LogP contribution in [0.5, 0.6) is 0 Å². The van der Waals surface area contributed by atoms with Gasteiger partial charge in [0.05, 0.1) is 37.4 Å². The van der Waals surface area contributed by atoms with Crippen LogP contribution in [0, 0.1) is 11.3 Å². The second kappa shape index (κ2) is 6.85. The Bertz CT molecular complexity index is 330. The summed E-state index contributed by atoms with van der Waals surface area (Å²) >= 11 is 0. The summed E-state index contributed by atoms with van der Waals surface area (Å²) in [5, 5.41) is 19.7. The second-order valence-electron chi connectivity index (χ2n) is 5.77. The van der Waals surface area contributed by atoms with E-state index in [-0.39, 0.29) is 19.1 Å². The molecule has 3 unspecified atom stereocenters. The van der Waals surface area contributed by atoms with Crippen LogP contribution < -0.4 is 0 Å². The Labute approximate surface area is 119 Å². The second-order valence-corrected chi connectivity index (χ2v) is 5.77. The molecule has 2 aliphatic rings. The lowest BCUT2D eigenvalue weighted by Gasteiger charge is -2.31. The molecule has 0 aromatic heterocycles. The summed E-state index contributed by atoms with van der Waals surface area (Å²) < 4.78 is 15.8. The lowest BCUT2D eigenvalue weighted by atomic mass is 9.74. The van der Waals surface area contributed by atoms with Crippen LogP contribution >= 0.6 is 0 Å². The van der Waals surface area contributed by atoms with Gasteiger partial charge in [-0.25, -0.2) is 0 Å². The first-order valence-corrected chi connectivity index (χ1v) is 7.20. The number of aliphatic hydroxyl groups excluding tert-OH is 1. The highest BCUT2D eigenvalue weighted by Gasteiger charge is 2.56. The van der Waals surface area contributed by atoms with Gasteiger partial charge in [0, 0.05) is 13.7 Å². The molecule has 1 saturated heterocycles. The Morgan fingerprint density at radius 2 is 2.20 bits per heavy atom. The Morgan fingerprint density at radius 3 is 2.80 bits per heavy atom. The lowest BCUT2D eigenvalue weighted by molar-refractivity contribution is -0.156. The monoisotopic (exact) mass is 288 g/mol. The third-order valence-corrected chi connectivity index (χ3v) is 4.21. The molecule has 1 aliphatic heterocycles. The molecule has 6 heteroatoms. The zero-order valence-corrected chi connectivity index (χ0v) is 11.9. The molecule has 1 aliphatic carbocycles. The van der Waals surface area contributed by atoms with Crippen LogP contribution in [-0.2, 0) is 19.0 Å². The summed E-state index contributed by atoms with van der Waals surface area (Å²) in [6.07, 6.45) is 1.68. The van der Waals surface area contributed by atoms with Crippen molar-refractivity contribution >= 4 is 5.97 Å². The van der Waals surface area contributed by atoms with Gasteiger partial charge >= 0.3 is 5.97 Å². The first-order valence-electron chi connectivity index (χ1n) is 7.20. The number of aliphatic hydroxyl groups is 1. The summed E-state index contributed by atoms with van der Waals surface area (Å²) in [6.45, 7) is 1.46. The summed E-state index contributed by atoms with van der Waals surface area (Å²) in [4.78, 5) is 11.7. The minimum Gasteiger partial charge on any atom is -0.481 e. The van der Waals surface area contributed by atoms with Crippen molar-refractivity contribution in [2.24, 2.45) is 11.3 Å². The van der Waals surface area contributed by atoms with Crippen molar-refractivity contribution in [1.82, 2.24) is 0 Å². The largest absolute Gasteiger partial charge is 0.481 e. The van der Waals surface area contributed by atoms with Crippen molar-refractivity contribution < 1.29 is 29.2 Å². The van der Waals surface area contributed by atoms with E-state index in [1.165, 1.54) is 0 Å². The third kappa shape index (κ3) is 3.49. The molecule has 0 aromatic carbocycles. The molecule has 0 radical (unpaired) electrons. The van der Waals surface area contributed by atoms with Crippen molar-refractivity contribution in [3.8, 4) is 0 Å². The first-order chi connectivity index (χ1) is 9.60. The Morgan fingerprint density at radius 1 is 1.45 bits per heavy atom. The average molecular weight is 288 g/mol. The molecule has 2 fully saturated rings. The van der Waals surface area contributed by atoms with E-state index in [9.17, 15) is 15.0 Å². The fraction of sp³-hybridized carbons (Fsp3) is 0.929. The van der Waals surface area contributed by atoms with Gasteiger partial charge in [-0.1, -0.05) is 0 Å². The summed E-state index contributed by atoms with van der Waals surface area (Å²) in [5.41, 5.74) is -0.953. The third-order valence-electron chi connectivity index (χ3n) is 4.21. The molecule has 116 valence electrons. The SMILES string of the molecule is COCCOCC(O)CC1(C(=O)O)CCOC1C1CC1. The molecule has 1 heterocycles. The molecule has 20 heavy (non-hydrogen) atoms. The summed E-state index contributed by atoms with van der Waals surface area (Å²) in [7, 11) is 1.58. The van der Waals surface area contributed by atoms with Gasteiger partial charge in [-0.05, 0) is 31.6 Å². The van der Waals surface area contributed by atoms with Crippen LogP contribution in [0.2, 0.25) is 0 Å². The van der Waals surface area contributed by atoms with Crippen molar-refractivity contribution in [3.63, 3.8) is 0 Å². The summed E-state index contributed by atoms with van der Waals surface area (Å²) in [5.74, 6) is -0.516. The van der Waals surface area contributed by atoms with E-state index in [0.717, 1.165) is 12.8 Å². The van der Waals surface area contributed by atoms with Crippen molar-refractivity contribution in [3.05, 3.63) is 0 Å². The first kappa shape index (κ1) is 15.7. The summed E-state index contributed by atoms with van der Waals surface area (Å²) in [6, 6.07) is 0. The Kier molecular flexibility index (Phi) is 5.37. The van der Waals surface area contributed by atoms with E-state index in [1.807, 2.05) is 0 Å². The van der Waals surface area contributed by atoms with Crippen LogP contribution in [0.4, 0.5) is 0 Å². The number of carboxylic acids is 1. The van der Waals surface area contributed by atoms with E-state index in [0.29, 0.717) is 32.2 Å². The highest BCUT2D eigenvalue weighted by atomic mass is 16.5. The fourth-order valence-corrected chi connectivity index (χ4v) is 3.03. The van der Waals surface area contributed by atoms with Crippen molar-refractivity contribution in [2.75, 3.05) is 33.5 Å².